The first kappa shape index (κ1) is 11.5. The lowest BCUT2D eigenvalue weighted by molar-refractivity contribution is 0.0952. The molecule has 0 fully saturated rings. The lowest BCUT2D eigenvalue weighted by Crippen LogP contribution is -2.19. The number of carbonyl (C=O) groups is 1. The highest BCUT2D eigenvalue weighted by molar-refractivity contribution is 6.32. The number of para-hydroxylation sites is 1. The number of halogens is 1. The second kappa shape index (κ2) is 4.25. The van der Waals surface area contributed by atoms with E-state index in [9.17, 15) is 4.79 Å². The molecule has 1 atom stereocenters. The predicted molar refractivity (Wildman–Crippen MR) is 70.4 cm³/mol. The third-order valence-electron chi connectivity index (χ3n) is 3.33. The van der Waals surface area contributed by atoms with Gasteiger partial charge in [0, 0.05) is 6.42 Å². The first-order valence-electron chi connectivity index (χ1n) is 6.02. The molecule has 0 unspecified atom stereocenters. The van der Waals surface area contributed by atoms with Gasteiger partial charge in [-0.2, -0.15) is 5.10 Å². The van der Waals surface area contributed by atoms with E-state index in [2.05, 4.69) is 12.0 Å². The van der Waals surface area contributed by atoms with Gasteiger partial charge in [0.25, 0.3) is 0 Å². The average molecular weight is 261 g/mol. The standard InChI is InChI=1S/C14H13ClN2O/c1-9-6-13-10(14(18)7-9)8-16-17(13)12-5-3-2-4-11(12)15/h2-5,8-9H,6-7H2,1H3/t9-/m0/s1. The number of nitrogens with zero attached hydrogens (tertiary/aromatic N) is 2. The van der Waals surface area contributed by atoms with E-state index in [0.717, 1.165) is 23.4 Å². The van der Waals surface area contributed by atoms with Gasteiger partial charge in [-0.1, -0.05) is 30.7 Å². The van der Waals surface area contributed by atoms with Crippen molar-refractivity contribution in [1.82, 2.24) is 9.78 Å². The Morgan fingerprint density at radius 2 is 2.11 bits per heavy atom. The highest BCUT2D eigenvalue weighted by atomic mass is 35.5. The summed E-state index contributed by atoms with van der Waals surface area (Å²) in [5.74, 6) is 0.546. The summed E-state index contributed by atoms with van der Waals surface area (Å²) in [5, 5.41) is 4.97. The van der Waals surface area contributed by atoms with Crippen LogP contribution in [0.1, 0.15) is 29.4 Å². The van der Waals surface area contributed by atoms with Gasteiger partial charge in [-0.3, -0.25) is 4.79 Å². The first-order chi connectivity index (χ1) is 8.66. The zero-order valence-corrected chi connectivity index (χ0v) is 10.8. The van der Waals surface area contributed by atoms with Crippen LogP contribution in [0.25, 0.3) is 5.69 Å². The molecule has 0 amide bonds. The van der Waals surface area contributed by atoms with Crippen molar-refractivity contribution in [3.63, 3.8) is 0 Å². The molecular formula is C14H13ClN2O. The van der Waals surface area contributed by atoms with Gasteiger partial charge in [0.2, 0.25) is 0 Å². The Kier molecular flexibility index (Phi) is 2.71. The van der Waals surface area contributed by atoms with Gasteiger partial charge < -0.3 is 0 Å². The Morgan fingerprint density at radius 1 is 1.33 bits per heavy atom. The second-order valence-electron chi connectivity index (χ2n) is 4.80. The van der Waals surface area contributed by atoms with E-state index >= 15 is 0 Å². The molecule has 1 aromatic carbocycles. The fourth-order valence-electron chi connectivity index (χ4n) is 2.46. The summed E-state index contributed by atoms with van der Waals surface area (Å²) in [6.45, 7) is 2.09. The lowest BCUT2D eigenvalue weighted by atomic mass is 9.88. The Labute approximate surface area is 110 Å². The summed E-state index contributed by atoms with van der Waals surface area (Å²) in [6, 6.07) is 7.55. The summed E-state index contributed by atoms with van der Waals surface area (Å²) in [7, 11) is 0. The maximum absolute atomic E-state index is 11.9. The van der Waals surface area contributed by atoms with E-state index in [1.807, 2.05) is 24.3 Å². The van der Waals surface area contributed by atoms with Crippen LogP contribution in [0, 0.1) is 5.92 Å². The van der Waals surface area contributed by atoms with Crippen LogP contribution in [0.2, 0.25) is 5.02 Å². The average Bonchev–Trinajstić information content (AvgIpc) is 2.73. The highest BCUT2D eigenvalue weighted by Gasteiger charge is 2.27. The van der Waals surface area contributed by atoms with Crippen molar-refractivity contribution in [3.05, 3.63) is 46.7 Å². The quantitative estimate of drug-likeness (QED) is 0.789. The van der Waals surface area contributed by atoms with Gasteiger partial charge in [0.05, 0.1) is 28.2 Å². The van der Waals surface area contributed by atoms with E-state index in [4.69, 9.17) is 11.6 Å². The molecule has 92 valence electrons. The molecule has 0 spiro atoms. The van der Waals surface area contributed by atoms with Crippen molar-refractivity contribution in [3.8, 4) is 5.69 Å². The topological polar surface area (TPSA) is 34.9 Å². The normalized spacial score (nSPS) is 18.8. The summed E-state index contributed by atoms with van der Waals surface area (Å²) >= 11 is 6.19. The van der Waals surface area contributed by atoms with Crippen molar-refractivity contribution >= 4 is 17.4 Å². The van der Waals surface area contributed by atoms with E-state index in [1.54, 1.807) is 10.9 Å². The fourth-order valence-corrected chi connectivity index (χ4v) is 2.68. The van der Waals surface area contributed by atoms with Gasteiger partial charge in [0.1, 0.15) is 0 Å². The number of fused-ring (bicyclic) bond motifs is 1. The van der Waals surface area contributed by atoms with Crippen LogP contribution in [-0.2, 0) is 6.42 Å². The number of hydrogen-bond donors (Lipinski definition) is 0. The summed E-state index contributed by atoms with van der Waals surface area (Å²) in [5.41, 5.74) is 2.56. The van der Waals surface area contributed by atoms with Gasteiger partial charge in [-0.25, -0.2) is 4.68 Å². The van der Waals surface area contributed by atoms with Crippen molar-refractivity contribution in [1.29, 1.82) is 0 Å². The number of ketones is 1. The SMILES string of the molecule is C[C@@H]1CC(=O)c2cnn(-c3ccccc3Cl)c2C1. The Hall–Kier alpha value is -1.61. The van der Waals surface area contributed by atoms with Crippen LogP contribution in [0.4, 0.5) is 0 Å². The molecule has 1 aliphatic rings. The van der Waals surface area contributed by atoms with E-state index in [-0.39, 0.29) is 5.78 Å². The van der Waals surface area contributed by atoms with Crippen molar-refractivity contribution in [2.45, 2.75) is 19.8 Å². The zero-order valence-electron chi connectivity index (χ0n) is 10.1. The smallest absolute Gasteiger partial charge is 0.166 e. The van der Waals surface area contributed by atoms with Crippen molar-refractivity contribution in [2.24, 2.45) is 5.92 Å². The molecule has 18 heavy (non-hydrogen) atoms. The molecule has 2 aromatic rings. The van der Waals surface area contributed by atoms with Crippen molar-refractivity contribution < 1.29 is 4.79 Å². The van der Waals surface area contributed by atoms with Crippen LogP contribution in [0.15, 0.2) is 30.5 Å². The Bertz CT molecular complexity index is 618. The molecule has 0 bridgehead atoms. The number of carbonyl (C=O) groups excluding carboxylic acids is 1. The van der Waals surface area contributed by atoms with Gasteiger partial charge in [-0.05, 0) is 24.5 Å². The van der Waals surface area contributed by atoms with Gasteiger partial charge in [-0.15, -0.1) is 0 Å². The third kappa shape index (κ3) is 1.75. The largest absolute Gasteiger partial charge is 0.294 e. The molecule has 0 aliphatic heterocycles. The van der Waals surface area contributed by atoms with E-state index in [1.165, 1.54) is 0 Å². The monoisotopic (exact) mass is 260 g/mol. The summed E-state index contributed by atoms with van der Waals surface area (Å²) in [6.07, 6.45) is 3.14. The van der Waals surface area contributed by atoms with E-state index < -0.39 is 0 Å². The maximum Gasteiger partial charge on any atom is 0.166 e. The number of benzene rings is 1. The lowest BCUT2D eigenvalue weighted by Gasteiger charge is -2.19. The molecule has 1 aromatic heterocycles. The Balaban J connectivity index is 2.16. The number of hydrogen-bond acceptors (Lipinski definition) is 2. The number of Topliss-reactive ketones (excluding diaryl/α,β-unsaturated/α-hetero) is 1. The molecule has 0 N–H and O–H groups in total. The predicted octanol–water partition coefficient (Wildman–Crippen LogP) is 3.29. The van der Waals surface area contributed by atoms with Crippen LogP contribution < -0.4 is 0 Å². The second-order valence-corrected chi connectivity index (χ2v) is 5.21. The third-order valence-corrected chi connectivity index (χ3v) is 3.65. The summed E-state index contributed by atoms with van der Waals surface area (Å²) in [4.78, 5) is 11.9. The minimum atomic E-state index is 0.182. The highest BCUT2D eigenvalue weighted by Crippen LogP contribution is 2.29. The maximum atomic E-state index is 11.9. The number of aromatic nitrogens is 2. The van der Waals surface area contributed by atoms with Crippen LogP contribution in [0.3, 0.4) is 0 Å². The van der Waals surface area contributed by atoms with Crippen LogP contribution >= 0.6 is 11.6 Å². The molecule has 3 nitrogen and oxygen atoms in total. The molecule has 0 radical (unpaired) electrons. The zero-order chi connectivity index (χ0) is 12.7. The molecular weight excluding hydrogens is 248 g/mol. The molecule has 3 rings (SSSR count). The molecule has 0 saturated heterocycles. The van der Waals surface area contributed by atoms with E-state index in [0.29, 0.717) is 17.4 Å². The van der Waals surface area contributed by atoms with Crippen LogP contribution in [-0.4, -0.2) is 15.6 Å². The summed E-state index contributed by atoms with van der Waals surface area (Å²) < 4.78 is 1.80. The molecule has 4 heteroatoms. The molecule has 0 saturated carbocycles. The number of rotatable bonds is 1. The molecule has 1 heterocycles. The minimum Gasteiger partial charge on any atom is -0.294 e. The van der Waals surface area contributed by atoms with Gasteiger partial charge in [0.15, 0.2) is 5.78 Å². The first-order valence-corrected chi connectivity index (χ1v) is 6.39. The minimum absolute atomic E-state index is 0.182. The van der Waals surface area contributed by atoms with Crippen LogP contribution in [0.5, 0.6) is 0 Å². The van der Waals surface area contributed by atoms with Crippen molar-refractivity contribution in [2.75, 3.05) is 0 Å². The van der Waals surface area contributed by atoms with Gasteiger partial charge >= 0.3 is 0 Å². The fraction of sp³-hybridized carbons (Fsp3) is 0.286. The Morgan fingerprint density at radius 3 is 2.89 bits per heavy atom. The molecule has 1 aliphatic carbocycles.